The Morgan fingerprint density at radius 3 is 2.45 bits per heavy atom. The number of ether oxygens (including phenoxy) is 3. The van der Waals surface area contributed by atoms with Crippen LogP contribution in [0.25, 0.3) is 0 Å². The molecule has 9 heteroatoms. The van der Waals surface area contributed by atoms with E-state index in [1.807, 2.05) is 0 Å². The van der Waals surface area contributed by atoms with E-state index in [9.17, 15) is 19.7 Å². The van der Waals surface area contributed by atoms with Crippen molar-refractivity contribution in [1.29, 1.82) is 0 Å². The highest BCUT2D eigenvalue weighted by Gasteiger charge is 2.22. The summed E-state index contributed by atoms with van der Waals surface area (Å²) >= 11 is 0. The first-order chi connectivity index (χ1) is 13.8. The Kier molecular flexibility index (Phi) is 7.53. The topological polar surface area (TPSA) is 117 Å². The molecule has 0 heterocycles. The number of nitro benzene ring substituents is 1. The van der Waals surface area contributed by atoms with Crippen LogP contribution in [0.15, 0.2) is 42.5 Å². The van der Waals surface area contributed by atoms with E-state index in [1.165, 1.54) is 19.1 Å². The van der Waals surface area contributed by atoms with Crippen LogP contribution >= 0.6 is 0 Å². The predicted octanol–water partition coefficient (Wildman–Crippen LogP) is 2.86. The Balaban J connectivity index is 1.97. The van der Waals surface area contributed by atoms with Gasteiger partial charge in [0.15, 0.2) is 11.9 Å². The third kappa shape index (κ3) is 5.93. The van der Waals surface area contributed by atoms with Crippen molar-refractivity contribution in [2.24, 2.45) is 0 Å². The molecule has 2 aromatic rings. The van der Waals surface area contributed by atoms with Gasteiger partial charge in [0.1, 0.15) is 5.75 Å². The Morgan fingerprint density at radius 2 is 1.86 bits per heavy atom. The lowest BCUT2D eigenvalue weighted by Crippen LogP contribution is -2.35. The molecule has 154 valence electrons. The lowest BCUT2D eigenvalue weighted by molar-refractivity contribution is -0.385. The fourth-order valence-electron chi connectivity index (χ4n) is 2.42. The van der Waals surface area contributed by atoms with E-state index in [0.29, 0.717) is 5.75 Å². The number of benzene rings is 2. The van der Waals surface area contributed by atoms with Crippen LogP contribution in [-0.2, 0) is 16.1 Å². The van der Waals surface area contributed by atoms with Gasteiger partial charge in [0.05, 0.1) is 24.2 Å². The van der Waals surface area contributed by atoms with Gasteiger partial charge >= 0.3 is 11.7 Å². The number of carbonyl (C=O) groups excluding carboxylic acids is 2. The number of carbonyl (C=O) groups is 2. The molecular formula is C20H22N2O7. The van der Waals surface area contributed by atoms with Gasteiger partial charge in [-0.05, 0) is 43.7 Å². The van der Waals surface area contributed by atoms with Crippen molar-refractivity contribution in [3.8, 4) is 11.5 Å². The van der Waals surface area contributed by atoms with Crippen molar-refractivity contribution in [3.05, 3.63) is 63.7 Å². The van der Waals surface area contributed by atoms with Crippen LogP contribution < -0.4 is 14.8 Å². The summed E-state index contributed by atoms with van der Waals surface area (Å²) in [6.07, 6.45) is -1.08. The normalized spacial score (nSPS) is 11.3. The first-order valence-electron chi connectivity index (χ1n) is 8.88. The second-order valence-electron chi connectivity index (χ2n) is 5.99. The zero-order valence-corrected chi connectivity index (χ0v) is 16.3. The van der Waals surface area contributed by atoms with Gasteiger partial charge in [-0.15, -0.1) is 0 Å². The maximum Gasteiger partial charge on any atom is 0.339 e. The molecule has 2 rings (SSSR count). The Hall–Kier alpha value is -3.62. The van der Waals surface area contributed by atoms with Gasteiger partial charge < -0.3 is 19.5 Å². The number of esters is 1. The van der Waals surface area contributed by atoms with E-state index < -0.39 is 22.9 Å². The summed E-state index contributed by atoms with van der Waals surface area (Å²) in [5.41, 5.74) is 0.452. The van der Waals surface area contributed by atoms with Crippen LogP contribution in [0.3, 0.4) is 0 Å². The molecule has 0 spiro atoms. The molecule has 0 aromatic heterocycles. The minimum absolute atomic E-state index is 0.0463. The lowest BCUT2D eigenvalue weighted by atomic mass is 10.2. The molecule has 1 amide bonds. The molecule has 9 nitrogen and oxygen atoms in total. The number of nitrogens with zero attached hydrogens (tertiary/aromatic N) is 1. The number of hydrogen-bond donors (Lipinski definition) is 1. The van der Waals surface area contributed by atoms with Gasteiger partial charge in [-0.25, -0.2) is 4.79 Å². The zero-order chi connectivity index (χ0) is 21.4. The van der Waals surface area contributed by atoms with Gasteiger partial charge in [0.25, 0.3) is 5.91 Å². The predicted molar refractivity (Wildman–Crippen MR) is 104 cm³/mol. The van der Waals surface area contributed by atoms with Gasteiger partial charge in [-0.3, -0.25) is 14.9 Å². The van der Waals surface area contributed by atoms with Crippen LogP contribution in [0.5, 0.6) is 11.5 Å². The third-order valence-corrected chi connectivity index (χ3v) is 3.97. The van der Waals surface area contributed by atoms with Crippen LogP contribution in [0.4, 0.5) is 5.69 Å². The monoisotopic (exact) mass is 402 g/mol. The quantitative estimate of drug-likeness (QED) is 0.389. The van der Waals surface area contributed by atoms with E-state index in [0.717, 1.165) is 11.6 Å². The van der Waals surface area contributed by atoms with Crippen LogP contribution in [-0.4, -0.2) is 36.6 Å². The number of hydrogen-bond acceptors (Lipinski definition) is 7. The van der Waals surface area contributed by atoms with E-state index in [4.69, 9.17) is 14.2 Å². The third-order valence-electron chi connectivity index (χ3n) is 3.97. The number of rotatable bonds is 9. The van der Waals surface area contributed by atoms with Crippen LogP contribution in [0, 0.1) is 10.1 Å². The average molecular weight is 402 g/mol. The number of nitrogens with one attached hydrogen (secondary N) is 1. The Labute approximate surface area is 167 Å². The first kappa shape index (κ1) is 21.7. The Morgan fingerprint density at radius 1 is 1.17 bits per heavy atom. The zero-order valence-electron chi connectivity index (χ0n) is 16.3. The van der Waals surface area contributed by atoms with Crippen LogP contribution in [0.2, 0.25) is 0 Å². The highest BCUT2D eigenvalue weighted by molar-refractivity contribution is 5.93. The maximum atomic E-state index is 12.3. The molecule has 0 fully saturated rings. The lowest BCUT2D eigenvalue weighted by Gasteiger charge is -2.14. The van der Waals surface area contributed by atoms with E-state index in [-0.39, 0.29) is 30.2 Å². The van der Waals surface area contributed by atoms with Crippen molar-refractivity contribution in [1.82, 2.24) is 5.32 Å². The molecule has 0 bridgehead atoms. The summed E-state index contributed by atoms with van der Waals surface area (Å²) in [5, 5.41) is 13.8. The molecule has 0 aliphatic rings. The number of amides is 1. The molecule has 0 aliphatic carbocycles. The first-order valence-corrected chi connectivity index (χ1v) is 8.88. The smallest absolute Gasteiger partial charge is 0.339 e. The molecule has 29 heavy (non-hydrogen) atoms. The van der Waals surface area contributed by atoms with Crippen molar-refractivity contribution in [2.45, 2.75) is 26.5 Å². The van der Waals surface area contributed by atoms with Gasteiger partial charge in [0, 0.05) is 12.6 Å². The summed E-state index contributed by atoms with van der Waals surface area (Å²) in [7, 11) is 1.56. The molecule has 1 N–H and O–H groups in total. The largest absolute Gasteiger partial charge is 0.497 e. The van der Waals surface area contributed by atoms with Crippen LogP contribution in [0.1, 0.15) is 29.8 Å². The molecule has 0 saturated heterocycles. The maximum absolute atomic E-state index is 12.3. The standard InChI is InChI=1S/C20H22N2O7/c1-4-28-18-10-7-15(11-17(18)22(25)26)20(24)29-13(2)19(23)21-12-14-5-8-16(27-3)9-6-14/h5-11,13H,4,12H2,1-3H3,(H,21,23)/t13-/m1/s1. The molecule has 0 aliphatic heterocycles. The highest BCUT2D eigenvalue weighted by atomic mass is 16.6. The molecule has 0 radical (unpaired) electrons. The summed E-state index contributed by atoms with van der Waals surface area (Å²) in [5.74, 6) is -0.580. The number of methoxy groups -OCH3 is 1. The summed E-state index contributed by atoms with van der Waals surface area (Å²) in [4.78, 5) is 35.0. The average Bonchev–Trinajstić information content (AvgIpc) is 2.72. The SMILES string of the molecule is CCOc1ccc(C(=O)O[C@H](C)C(=O)NCc2ccc(OC)cc2)cc1[N+](=O)[O-]. The molecule has 2 aromatic carbocycles. The molecule has 0 saturated carbocycles. The van der Waals surface area contributed by atoms with Crippen molar-refractivity contribution >= 4 is 17.6 Å². The fourth-order valence-corrected chi connectivity index (χ4v) is 2.42. The van der Waals surface area contributed by atoms with Crippen molar-refractivity contribution in [3.63, 3.8) is 0 Å². The van der Waals surface area contributed by atoms with Crippen molar-refractivity contribution in [2.75, 3.05) is 13.7 Å². The fraction of sp³-hybridized carbons (Fsp3) is 0.300. The second-order valence-corrected chi connectivity index (χ2v) is 5.99. The van der Waals surface area contributed by atoms with E-state index >= 15 is 0 Å². The minimum atomic E-state index is -1.08. The number of nitro groups is 1. The molecule has 0 unspecified atom stereocenters. The molecular weight excluding hydrogens is 380 g/mol. The summed E-state index contributed by atoms with van der Waals surface area (Å²) < 4.78 is 15.4. The highest BCUT2D eigenvalue weighted by Crippen LogP contribution is 2.28. The Bertz CT molecular complexity index is 881. The van der Waals surface area contributed by atoms with Crippen molar-refractivity contribution < 1.29 is 28.7 Å². The van der Waals surface area contributed by atoms with Gasteiger partial charge in [0.2, 0.25) is 0 Å². The summed E-state index contributed by atoms with van der Waals surface area (Å²) in [6.45, 7) is 3.61. The second kappa shape index (κ2) is 10.1. The minimum Gasteiger partial charge on any atom is -0.497 e. The van der Waals surface area contributed by atoms with E-state index in [2.05, 4.69) is 5.32 Å². The van der Waals surface area contributed by atoms with E-state index in [1.54, 1.807) is 38.3 Å². The molecule has 1 atom stereocenters. The summed E-state index contributed by atoms with van der Waals surface area (Å²) in [6, 6.07) is 10.9. The van der Waals surface area contributed by atoms with Gasteiger partial charge in [-0.2, -0.15) is 0 Å². The van der Waals surface area contributed by atoms with Gasteiger partial charge in [-0.1, -0.05) is 12.1 Å².